The Balaban J connectivity index is 0.880. The minimum absolute atomic E-state index is 0.00256. The lowest BCUT2D eigenvalue weighted by Gasteiger charge is -2.41. The largest absolute Gasteiger partial charge is 0.434 e. The lowest BCUT2D eigenvalue weighted by atomic mass is 9.76. The molecular formula is C51H58F2N12O5. The Labute approximate surface area is 404 Å². The molecule has 0 radical (unpaired) electrons. The molecule has 366 valence electrons. The highest BCUT2D eigenvalue weighted by molar-refractivity contribution is 5.81. The van der Waals surface area contributed by atoms with Gasteiger partial charge in [0, 0.05) is 130 Å². The molecule has 6 aliphatic heterocycles. The van der Waals surface area contributed by atoms with Gasteiger partial charge < -0.3 is 33.8 Å². The minimum atomic E-state index is -3.05. The summed E-state index contributed by atoms with van der Waals surface area (Å²) in [5, 5.41) is 19.5. The smallest absolute Gasteiger partial charge is 0.387 e. The van der Waals surface area contributed by atoms with Crippen molar-refractivity contribution in [2.45, 2.75) is 96.7 Å². The first-order chi connectivity index (χ1) is 33.9. The second kappa shape index (κ2) is 17.7. The van der Waals surface area contributed by atoms with Crippen molar-refractivity contribution in [3.63, 3.8) is 0 Å². The van der Waals surface area contributed by atoms with E-state index in [0.717, 1.165) is 101 Å². The molecule has 2 saturated heterocycles. The Bertz CT molecular complexity index is 3000. The molecule has 3 unspecified atom stereocenters. The second-order valence-electron chi connectivity index (χ2n) is 19.8. The fourth-order valence-electron chi connectivity index (χ4n) is 11.9. The summed E-state index contributed by atoms with van der Waals surface area (Å²) in [4.78, 5) is 33.9. The van der Waals surface area contributed by atoms with Gasteiger partial charge in [-0.25, -0.2) is 4.68 Å². The Morgan fingerprint density at radius 1 is 0.729 bits per heavy atom. The molecule has 6 aliphatic rings. The standard InChI is InChI=1S/C51H58F2N12O5/c1-30(66)60-15-12-44-41(25-60)49(56-64(44)37-28-68-29-37)63-17-11-38(40-19-39(36-22-55-59(4)24-36)47(20-46(40)63)70-51(52)53)34-8-10-48(69-27-34)65-45-13-16-61(31(2)67)26-42(45)50(57-65)62-14-5-6-33-18-32(7-9-43(33)62)35-21-54-58(3)23-35/h7,9,18-24,34,37-38,48,51H,5-6,8,10-17,25-29H2,1-4H3. The van der Waals surface area contributed by atoms with E-state index >= 15 is 0 Å². The van der Waals surface area contributed by atoms with Crippen LogP contribution >= 0.6 is 0 Å². The Morgan fingerprint density at radius 3 is 2.01 bits per heavy atom. The number of carbonyl (C=O) groups is 2. The molecular weight excluding hydrogens is 899 g/mol. The summed E-state index contributed by atoms with van der Waals surface area (Å²) < 4.78 is 54.2. The molecule has 4 aromatic heterocycles. The zero-order valence-electron chi connectivity index (χ0n) is 40.1. The summed E-state index contributed by atoms with van der Waals surface area (Å²) in [6, 6.07) is 10.5. The van der Waals surface area contributed by atoms with Gasteiger partial charge >= 0.3 is 6.61 Å². The van der Waals surface area contributed by atoms with Crippen LogP contribution in [0.3, 0.4) is 0 Å². The normalized spacial score (nSPS) is 21.3. The highest BCUT2D eigenvalue weighted by Gasteiger charge is 2.41. The van der Waals surface area contributed by atoms with E-state index in [4.69, 9.17) is 24.4 Å². The number of nitrogens with zero attached hydrogens (tertiary/aromatic N) is 12. The molecule has 0 aliphatic carbocycles. The van der Waals surface area contributed by atoms with Crippen LogP contribution in [0, 0.1) is 5.92 Å². The van der Waals surface area contributed by atoms with Crippen molar-refractivity contribution in [3.05, 3.63) is 88.8 Å². The number of anilines is 4. The summed E-state index contributed by atoms with van der Waals surface area (Å²) in [6.07, 6.45) is 12.7. The number of alkyl halides is 2. The van der Waals surface area contributed by atoms with E-state index < -0.39 is 6.61 Å². The molecule has 10 heterocycles. The number of hydrogen-bond donors (Lipinski definition) is 0. The van der Waals surface area contributed by atoms with Crippen LogP contribution in [0.2, 0.25) is 0 Å². The van der Waals surface area contributed by atoms with Gasteiger partial charge in [-0.3, -0.25) is 23.6 Å². The van der Waals surface area contributed by atoms with Crippen LogP contribution in [0.4, 0.5) is 31.8 Å². The molecule has 0 spiro atoms. The highest BCUT2D eigenvalue weighted by atomic mass is 19.3. The predicted octanol–water partition coefficient (Wildman–Crippen LogP) is 7.20. The number of aromatic nitrogens is 8. The first-order valence-electron chi connectivity index (χ1n) is 24.6. The number of rotatable bonds is 9. The summed E-state index contributed by atoms with van der Waals surface area (Å²) in [7, 11) is 3.73. The monoisotopic (exact) mass is 956 g/mol. The predicted molar refractivity (Wildman–Crippen MR) is 255 cm³/mol. The maximum absolute atomic E-state index is 14.3. The van der Waals surface area contributed by atoms with Gasteiger partial charge in [-0.2, -0.15) is 29.2 Å². The number of halogens is 2. The van der Waals surface area contributed by atoms with E-state index in [1.807, 2.05) is 46.2 Å². The van der Waals surface area contributed by atoms with Crippen LogP contribution in [0.1, 0.15) is 91.4 Å². The Hall–Kier alpha value is -6.60. The van der Waals surface area contributed by atoms with E-state index in [9.17, 15) is 18.4 Å². The number of hydrogen-bond acceptors (Lipinski definition) is 11. The second-order valence-corrected chi connectivity index (χ2v) is 19.8. The third-order valence-corrected chi connectivity index (χ3v) is 15.6. The van der Waals surface area contributed by atoms with Gasteiger partial charge in [-0.05, 0) is 78.8 Å². The fourth-order valence-corrected chi connectivity index (χ4v) is 11.9. The van der Waals surface area contributed by atoms with E-state index in [0.29, 0.717) is 76.5 Å². The van der Waals surface area contributed by atoms with Crippen molar-refractivity contribution in [3.8, 4) is 28.0 Å². The van der Waals surface area contributed by atoms with Crippen LogP contribution in [0.15, 0.2) is 55.1 Å². The Kier molecular flexibility index (Phi) is 11.3. The number of carbonyl (C=O) groups excluding carboxylic acids is 2. The molecule has 70 heavy (non-hydrogen) atoms. The molecule has 17 nitrogen and oxygen atoms in total. The van der Waals surface area contributed by atoms with Crippen molar-refractivity contribution < 1.29 is 32.6 Å². The molecule has 2 amide bonds. The van der Waals surface area contributed by atoms with Gasteiger partial charge in [0.15, 0.2) is 17.9 Å². The number of ether oxygens (including phenoxy) is 3. The molecule has 19 heteroatoms. The van der Waals surface area contributed by atoms with Crippen molar-refractivity contribution in [2.24, 2.45) is 20.0 Å². The quantitative estimate of drug-likeness (QED) is 0.145. The molecule has 12 rings (SSSR count). The molecule has 2 fully saturated rings. The van der Waals surface area contributed by atoms with Gasteiger partial charge in [0.25, 0.3) is 0 Å². The first kappa shape index (κ1) is 44.6. The lowest BCUT2D eigenvalue weighted by molar-refractivity contribution is -0.130. The summed E-state index contributed by atoms with van der Waals surface area (Å²) in [5.41, 5.74) is 11.8. The summed E-state index contributed by atoms with van der Waals surface area (Å²) >= 11 is 0. The number of benzene rings is 2. The zero-order valence-corrected chi connectivity index (χ0v) is 40.1. The lowest BCUT2D eigenvalue weighted by Crippen LogP contribution is -2.38. The molecule has 2 aromatic carbocycles. The number of aryl methyl sites for hydroxylation is 3. The third-order valence-electron chi connectivity index (χ3n) is 15.6. The molecule has 3 atom stereocenters. The van der Waals surface area contributed by atoms with Gasteiger partial charge in [0.2, 0.25) is 11.8 Å². The highest BCUT2D eigenvalue weighted by Crippen LogP contribution is 2.51. The van der Waals surface area contributed by atoms with E-state index in [-0.39, 0.29) is 41.7 Å². The van der Waals surface area contributed by atoms with Crippen molar-refractivity contribution in [1.29, 1.82) is 0 Å². The Morgan fingerprint density at radius 2 is 1.40 bits per heavy atom. The summed E-state index contributed by atoms with van der Waals surface area (Å²) in [6.45, 7) is 5.28. The van der Waals surface area contributed by atoms with Gasteiger partial charge in [0.05, 0.1) is 57.0 Å². The van der Waals surface area contributed by atoms with Gasteiger partial charge in [0.1, 0.15) is 5.75 Å². The average molecular weight is 957 g/mol. The third kappa shape index (κ3) is 7.81. The number of amides is 2. The molecule has 6 aromatic rings. The van der Waals surface area contributed by atoms with Crippen LogP contribution in [-0.2, 0) is 65.5 Å². The van der Waals surface area contributed by atoms with Gasteiger partial charge in [-0.15, -0.1) is 0 Å². The van der Waals surface area contributed by atoms with E-state index in [1.54, 1.807) is 37.8 Å². The minimum Gasteiger partial charge on any atom is -0.434 e. The molecule has 0 N–H and O–H groups in total. The van der Waals surface area contributed by atoms with Crippen LogP contribution < -0.4 is 14.5 Å². The van der Waals surface area contributed by atoms with E-state index in [1.165, 1.54) is 5.56 Å². The fraction of sp³-hybridized carbons (Fsp3) is 0.490. The van der Waals surface area contributed by atoms with Crippen molar-refractivity contribution in [1.82, 2.24) is 48.9 Å². The van der Waals surface area contributed by atoms with Gasteiger partial charge in [-0.1, -0.05) is 6.07 Å². The molecule has 0 saturated carbocycles. The van der Waals surface area contributed by atoms with Crippen LogP contribution in [0.25, 0.3) is 22.3 Å². The van der Waals surface area contributed by atoms with Crippen LogP contribution in [-0.4, -0.2) is 113 Å². The van der Waals surface area contributed by atoms with Crippen LogP contribution in [0.5, 0.6) is 5.75 Å². The zero-order chi connectivity index (χ0) is 47.9. The van der Waals surface area contributed by atoms with E-state index in [2.05, 4.69) is 47.6 Å². The maximum atomic E-state index is 14.3. The topological polar surface area (TPSA) is 146 Å². The summed E-state index contributed by atoms with van der Waals surface area (Å²) in [5.74, 6) is 1.85. The van der Waals surface area contributed by atoms with Crippen molar-refractivity contribution in [2.75, 3.05) is 55.8 Å². The number of fused-ring (bicyclic) bond motifs is 4. The SMILES string of the molecule is CC(=O)N1CCc2c(c(N3CCC(C4CCC(n5nc(N6CCCc7cc(-c8cnn(C)c8)ccc76)c6c5CCN(C(C)=O)C6)OC4)c4cc(-c5cnn(C)c5)c(OC(F)F)cc43)nn2C2COC2)C1. The maximum Gasteiger partial charge on any atom is 0.387 e. The first-order valence-corrected chi connectivity index (χ1v) is 24.6. The van der Waals surface area contributed by atoms with Crippen molar-refractivity contribution >= 4 is 34.8 Å². The molecule has 0 bridgehead atoms. The average Bonchev–Trinajstić information content (AvgIpc) is 4.15.